The highest BCUT2D eigenvalue weighted by Gasteiger charge is 2.21. The van der Waals surface area contributed by atoms with E-state index >= 15 is 0 Å². The molecule has 1 aliphatic rings. The van der Waals surface area contributed by atoms with Crippen molar-refractivity contribution in [1.82, 2.24) is 14.9 Å². The van der Waals surface area contributed by atoms with Crippen LogP contribution in [0.3, 0.4) is 0 Å². The molecule has 1 fully saturated rings. The van der Waals surface area contributed by atoms with E-state index in [1.54, 1.807) is 11.3 Å². The molecule has 33 heavy (non-hydrogen) atoms. The van der Waals surface area contributed by atoms with Crippen molar-refractivity contribution >= 4 is 57.2 Å². The zero-order chi connectivity index (χ0) is 22.6. The number of benzene rings is 2. The first-order chi connectivity index (χ1) is 16.2. The van der Waals surface area contributed by atoms with E-state index in [1.807, 2.05) is 30.3 Å². The number of piperazine rings is 1. The summed E-state index contributed by atoms with van der Waals surface area (Å²) in [7, 11) is 0. The van der Waals surface area contributed by atoms with E-state index in [2.05, 4.69) is 44.8 Å². The minimum atomic E-state index is 0.668. The number of hydrogen-bond donors (Lipinski definition) is 1. The molecule has 170 valence electrons. The highest BCUT2D eigenvalue weighted by atomic mass is 35.5. The van der Waals surface area contributed by atoms with E-state index in [0.29, 0.717) is 5.02 Å². The number of para-hydroxylation sites is 1. The molecule has 5 nitrogen and oxygen atoms in total. The molecule has 0 aliphatic carbocycles. The lowest BCUT2D eigenvalue weighted by molar-refractivity contribution is 0.249. The predicted molar refractivity (Wildman–Crippen MR) is 140 cm³/mol. The normalized spacial score (nSPS) is 14.7. The average Bonchev–Trinajstić information content (AvgIpc) is 3.35. The maximum absolute atomic E-state index is 6.37. The van der Waals surface area contributed by atoms with Gasteiger partial charge in [0.2, 0.25) is 5.95 Å². The summed E-state index contributed by atoms with van der Waals surface area (Å²) in [5.41, 5.74) is 2.07. The lowest BCUT2D eigenvalue weighted by Crippen LogP contribution is -2.46. The SMILES string of the molecule is Clc1ccc(CN2CCN(c3nc(NCCc4cccs4)c4ccccc4n3)CC2)c(Cl)c1. The van der Waals surface area contributed by atoms with Crippen LogP contribution >= 0.6 is 34.5 Å². The number of anilines is 2. The third-order valence-corrected chi connectivity index (χ3v) is 7.42. The fraction of sp³-hybridized carbons (Fsp3) is 0.280. The molecule has 8 heteroatoms. The summed E-state index contributed by atoms with van der Waals surface area (Å²) in [5.74, 6) is 1.69. The molecule has 5 rings (SSSR count). The Hall–Kier alpha value is -2.38. The highest BCUT2D eigenvalue weighted by molar-refractivity contribution is 7.09. The Balaban J connectivity index is 1.27. The Labute approximate surface area is 208 Å². The van der Waals surface area contributed by atoms with E-state index in [1.165, 1.54) is 4.88 Å². The van der Waals surface area contributed by atoms with Crippen molar-refractivity contribution in [2.45, 2.75) is 13.0 Å². The Morgan fingerprint density at radius 2 is 1.79 bits per heavy atom. The number of halogens is 2. The first-order valence-corrected chi connectivity index (χ1v) is 12.7. The quantitative estimate of drug-likeness (QED) is 0.340. The maximum Gasteiger partial charge on any atom is 0.227 e. The molecule has 1 aliphatic heterocycles. The van der Waals surface area contributed by atoms with Crippen molar-refractivity contribution in [1.29, 1.82) is 0 Å². The number of fused-ring (bicyclic) bond motifs is 1. The van der Waals surface area contributed by atoms with Gasteiger partial charge in [-0.05, 0) is 47.7 Å². The second-order valence-electron chi connectivity index (χ2n) is 8.14. The zero-order valence-electron chi connectivity index (χ0n) is 18.2. The Bertz CT molecular complexity index is 1220. The van der Waals surface area contributed by atoms with Crippen LogP contribution in [0.25, 0.3) is 10.9 Å². The standard InChI is InChI=1S/C25H25Cl2N5S/c26-19-8-7-18(22(27)16-19)17-31-11-13-32(14-12-31)25-29-23-6-2-1-5-21(23)24(30-25)28-10-9-20-4-3-15-33-20/h1-8,15-16H,9-14,17H2,(H,28,29,30). The van der Waals surface area contributed by atoms with Gasteiger partial charge in [-0.3, -0.25) is 4.90 Å². The van der Waals surface area contributed by atoms with Gasteiger partial charge in [-0.1, -0.05) is 47.5 Å². The smallest absolute Gasteiger partial charge is 0.227 e. The van der Waals surface area contributed by atoms with E-state index in [9.17, 15) is 0 Å². The highest BCUT2D eigenvalue weighted by Crippen LogP contribution is 2.26. The summed E-state index contributed by atoms with van der Waals surface area (Å²) in [6.07, 6.45) is 0.983. The maximum atomic E-state index is 6.37. The largest absolute Gasteiger partial charge is 0.369 e. The molecule has 0 radical (unpaired) electrons. The summed E-state index contributed by atoms with van der Waals surface area (Å²) in [5, 5.41) is 8.12. The lowest BCUT2D eigenvalue weighted by atomic mass is 10.2. The number of aromatic nitrogens is 2. The average molecular weight is 498 g/mol. The van der Waals surface area contributed by atoms with Crippen LogP contribution in [-0.4, -0.2) is 47.6 Å². The minimum Gasteiger partial charge on any atom is -0.369 e. The molecular weight excluding hydrogens is 473 g/mol. The summed E-state index contributed by atoms with van der Waals surface area (Å²) in [6, 6.07) is 18.2. The number of hydrogen-bond acceptors (Lipinski definition) is 6. The molecule has 0 atom stereocenters. The first kappa shape index (κ1) is 22.4. The fourth-order valence-electron chi connectivity index (χ4n) is 4.10. The van der Waals surface area contributed by atoms with E-state index in [4.69, 9.17) is 33.2 Å². The van der Waals surface area contributed by atoms with Gasteiger partial charge in [0.25, 0.3) is 0 Å². The monoisotopic (exact) mass is 497 g/mol. The topological polar surface area (TPSA) is 44.3 Å². The second-order valence-corrected chi connectivity index (χ2v) is 10.0. The molecular formula is C25H25Cl2N5S. The number of rotatable bonds is 7. The van der Waals surface area contributed by atoms with Gasteiger partial charge in [0, 0.05) is 59.6 Å². The van der Waals surface area contributed by atoms with Crippen LogP contribution in [0.1, 0.15) is 10.4 Å². The first-order valence-electron chi connectivity index (χ1n) is 11.1. The summed E-state index contributed by atoms with van der Waals surface area (Å²) in [4.78, 5) is 15.9. The summed E-state index contributed by atoms with van der Waals surface area (Å²) in [6.45, 7) is 5.26. The second kappa shape index (κ2) is 10.3. The molecule has 2 aromatic heterocycles. The van der Waals surface area contributed by atoms with Crippen molar-refractivity contribution in [3.05, 3.63) is 80.5 Å². The zero-order valence-corrected chi connectivity index (χ0v) is 20.5. The van der Waals surface area contributed by atoms with Crippen molar-refractivity contribution in [2.24, 2.45) is 0 Å². The van der Waals surface area contributed by atoms with Crippen LogP contribution in [0.15, 0.2) is 60.0 Å². The van der Waals surface area contributed by atoms with Crippen molar-refractivity contribution < 1.29 is 0 Å². The molecule has 4 aromatic rings. The van der Waals surface area contributed by atoms with Crippen molar-refractivity contribution in [3.8, 4) is 0 Å². The minimum absolute atomic E-state index is 0.668. The number of thiophene rings is 1. The van der Waals surface area contributed by atoms with Gasteiger partial charge in [-0.25, -0.2) is 4.98 Å². The summed E-state index contributed by atoms with van der Waals surface area (Å²) >= 11 is 14.2. The van der Waals surface area contributed by atoms with Gasteiger partial charge < -0.3 is 10.2 Å². The van der Waals surface area contributed by atoms with Gasteiger partial charge in [0.1, 0.15) is 5.82 Å². The van der Waals surface area contributed by atoms with E-state index in [0.717, 1.165) is 78.9 Å². The van der Waals surface area contributed by atoms with Gasteiger partial charge in [-0.2, -0.15) is 4.98 Å². The Kier molecular flexibility index (Phi) is 6.97. The molecule has 0 unspecified atom stereocenters. The number of nitrogens with zero attached hydrogens (tertiary/aromatic N) is 4. The summed E-state index contributed by atoms with van der Waals surface area (Å²) < 4.78 is 0. The lowest BCUT2D eigenvalue weighted by Gasteiger charge is -2.35. The Morgan fingerprint density at radius 3 is 2.58 bits per heavy atom. The third kappa shape index (κ3) is 5.41. The van der Waals surface area contributed by atoms with Crippen molar-refractivity contribution in [3.63, 3.8) is 0 Å². The van der Waals surface area contributed by atoms with Crippen LogP contribution in [-0.2, 0) is 13.0 Å². The van der Waals surface area contributed by atoms with Gasteiger partial charge in [0.15, 0.2) is 0 Å². The van der Waals surface area contributed by atoms with Crippen LogP contribution < -0.4 is 10.2 Å². The van der Waals surface area contributed by atoms with Gasteiger partial charge in [-0.15, -0.1) is 11.3 Å². The van der Waals surface area contributed by atoms with Crippen LogP contribution in [0.4, 0.5) is 11.8 Å². The number of nitrogens with one attached hydrogen (secondary N) is 1. The Morgan fingerprint density at radius 1 is 0.939 bits per heavy atom. The molecule has 0 spiro atoms. The molecule has 0 amide bonds. The predicted octanol–water partition coefficient (Wildman–Crippen LogP) is 5.97. The van der Waals surface area contributed by atoms with E-state index < -0.39 is 0 Å². The molecule has 1 N–H and O–H groups in total. The van der Waals surface area contributed by atoms with E-state index in [-0.39, 0.29) is 0 Å². The molecule has 1 saturated heterocycles. The third-order valence-electron chi connectivity index (χ3n) is 5.90. The van der Waals surface area contributed by atoms with Gasteiger partial charge in [0.05, 0.1) is 5.52 Å². The van der Waals surface area contributed by atoms with Crippen LogP contribution in [0, 0.1) is 0 Å². The fourth-order valence-corrected chi connectivity index (χ4v) is 5.27. The molecule has 0 saturated carbocycles. The van der Waals surface area contributed by atoms with Crippen molar-refractivity contribution in [2.75, 3.05) is 42.9 Å². The molecule has 0 bridgehead atoms. The van der Waals surface area contributed by atoms with Crippen LogP contribution in [0.2, 0.25) is 10.0 Å². The van der Waals surface area contributed by atoms with Gasteiger partial charge >= 0.3 is 0 Å². The van der Waals surface area contributed by atoms with Crippen LogP contribution in [0.5, 0.6) is 0 Å². The molecule has 3 heterocycles. The molecule has 2 aromatic carbocycles.